The summed E-state index contributed by atoms with van der Waals surface area (Å²) in [6.45, 7) is 6.36. The van der Waals surface area contributed by atoms with Crippen molar-refractivity contribution < 1.29 is 0 Å². The molecular weight excluding hydrogens is 281 g/mol. The SMILES string of the molecule is CCCN(Cc1cnc(Cl)cc1Cl)C1CCCNC1. The Morgan fingerprint density at radius 2 is 2.32 bits per heavy atom. The van der Waals surface area contributed by atoms with Crippen molar-refractivity contribution in [3.8, 4) is 0 Å². The van der Waals surface area contributed by atoms with Gasteiger partial charge in [-0.3, -0.25) is 4.90 Å². The molecule has 3 nitrogen and oxygen atoms in total. The van der Waals surface area contributed by atoms with Crippen LogP contribution in [-0.4, -0.2) is 35.6 Å². The summed E-state index contributed by atoms with van der Waals surface area (Å²) in [5.41, 5.74) is 1.06. The highest BCUT2D eigenvalue weighted by Gasteiger charge is 2.21. The van der Waals surface area contributed by atoms with Crippen LogP contribution in [0.4, 0.5) is 0 Å². The first-order valence-electron chi connectivity index (χ1n) is 6.95. The molecule has 1 aliphatic heterocycles. The first-order chi connectivity index (χ1) is 9.20. The van der Waals surface area contributed by atoms with Gasteiger partial charge < -0.3 is 5.32 Å². The van der Waals surface area contributed by atoms with E-state index in [1.54, 1.807) is 12.3 Å². The Hall–Kier alpha value is -0.350. The van der Waals surface area contributed by atoms with Crippen LogP contribution >= 0.6 is 23.2 Å². The second-order valence-corrected chi connectivity index (χ2v) is 5.86. The summed E-state index contributed by atoms with van der Waals surface area (Å²) in [7, 11) is 0. The number of pyridine rings is 1. The Bertz CT molecular complexity index is 406. The molecule has 0 aromatic carbocycles. The van der Waals surface area contributed by atoms with Crippen molar-refractivity contribution in [1.82, 2.24) is 15.2 Å². The monoisotopic (exact) mass is 301 g/mol. The van der Waals surface area contributed by atoms with Gasteiger partial charge in [-0.25, -0.2) is 4.98 Å². The molecule has 19 heavy (non-hydrogen) atoms. The van der Waals surface area contributed by atoms with Gasteiger partial charge in [-0.15, -0.1) is 0 Å². The molecule has 106 valence electrons. The average Bonchev–Trinajstić information content (AvgIpc) is 2.42. The van der Waals surface area contributed by atoms with Gasteiger partial charge in [0.2, 0.25) is 0 Å². The molecule has 1 aromatic heterocycles. The second-order valence-electron chi connectivity index (χ2n) is 5.07. The number of halogens is 2. The van der Waals surface area contributed by atoms with Crippen molar-refractivity contribution in [2.24, 2.45) is 0 Å². The summed E-state index contributed by atoms with van der Waals surface area (Å²) in [5.74, 6) is 0. The lowest BCUT2D eigenvalue weighted by atomic mass is 10.0. The Kier molecular flexibility index (Phi) is 5.89. The third-order valence-corrected chi connectivity index (χ3v) is 4.13. The van der Waals surface area contributed by atoms with E-state index in [0.717, 1.165) is 38.2 Å². The first kappa shape index (κ1) is 15.0. The predicted molar refractivity (Wildman–Crippen MR) is 80.8 cm³/mol. The number of piperidine rings is 1. The van der Waals surface area contributed by atoms with Gasteiger partial charge in [0, 0.05) is 35.9 Å². The van der Waals surface area contributed by atoms with E-state index in [4.69, 9.17) is 23.2 Å². The van der Waals surface area contributed by atoms with Crippen molar-refractivity contribution in [3.05, 3.63) is 28.0 Å². The van der Waals surface area contributed by atoms with E-state index >= 15 is 0 Å². The van der Waals surface area contributed by atoms with E-state index < -0.39 is 0 Å². The molecule has 1 atom stereocenters. The van der Waals surface area contributed by atoms with Crippen LogP contribution in [0.15, 0.2) is 12.3 Å². The molecule has 0 amide bonds. The fourth-order valence-corrected chi connectivity index (χ4v) is 3.02. The molecule has 1 saturated heterocycles. The van der Waals surface area contributed by atoms with E-state index in [9.17, 15) is 0 Å². The molecule has 0 saturated carbocycles. The lowest BCUT2D eigenvalue weighted by Gasteiger charge is -2.34. The van der Waals surface area contributed by atoms with Crippen LogP contribution in [-0.2, 0) is 6.54 Å². The number of nitrogens with zero attached hydrogens (tertiary/aromatic N) is 2. The first-order valence-corrected chi connectivity index (χ1v) is 7.71. The highest BCUT2D eigenvalue weighted by Crippen LogP contribution is 2.22. The lowest BCUT2D eigenvalue weighted by Crippen LogP contribution is -2.45. The fourth-order valence-electron chi connectivity index (χ4n) is 2.59. The van der Waals surface area contributed by atoms with E-state index in [0.29, 0.717) is 16.2 Å². The molecular formula is C14H21Cl2N3. The Morgan fingerprint density at radius 3 is 2.95 bits per heavy atom. The molecule has 1 unspecified atom stereocenters. The largest absolute Gasteiger partial charge is 0.315 e. The molecule has 0 radical (unpaired) electrons. The van der Waals surface area contributed by atoms with E-state index in [-0.39, 0.29) is 0 Å². The molecule has 2 heterocycles. The van der Waals surface area contributed by atoms with Crippen LogP contribution in [0, 0.1) is 0 Å². The molecule has 2 rings (SSSR count). The van der Waals surface area contributed by atoms with Gasteiger partial charge in [-0.2, -0.15) is 0 Å². The fraction of sp³-hybridized carbons (Fsp3) is 0.643. The van der Waals surface area contributed by atoms with E-state index in [2.05, 4.69) is 22.1 Å². The zero-order valence-corrected chi connectivity index (χ0v) is 12.8. The summed E-state index contributed by atoms with van der Waals surface area (Å²) in [6, 6.07) is 2.32. The highest BCUT2D eigenvalue weighted by molar-refractivity contribution is 6.34. The quantitative estimate of drug-likeness (QED) is 0.845. The number of hydrogen-bond donors (Lipinski definition) is 1. The Labute approximate surface area is 125 Å². The maximum atomic E-state index is 6.25. The Balaban J connectivity index is 2.06. The standard InChI is InChI=1S/C14H21Cl2N3/c1-2-6-19(12-4-3-5-17-9-12)10-11-8-18-14(16)7-13(11)15/h7-8,12,17H,2-6,9-10H2,1H3. The van der Waals surface area contributed by atoms with Crippen molar-refractivity contribution in [2.75, 3.05) is 19.6 Å². The normalized spacial score (nSPS) is 19.9. The third kappa shape index (κ3) is 4.32. The molecule has 1 N–H and O–H groups in total. The van der Waals surface area contributed by atoms with Crippen LogP contribution in [0.5, 0.6) is 0 Å². The van der Waals surface area contributed by atoms with E-state index in [1.807, 2.05) is 0 Å². The van der Waals surface area contributed by atoms with Crippen LogP contribution in [0.3, 0.4) is 0 Å². The molecule has 0 bridgehead atoms. The van der Waals surface area contributed by atoms with Crippen LogP contribution in [0.1, 0.15) is 31.7 Å². The molecule has 5 heteroatoms. The van der Waals surface area contributed by atoms with Gasteiger partial charge in [-0.1, -0.05) is 30.1 Å². The summed E-state index contributed by atoms with van der Waals surface area (Å²) in [4.78, 5) is 6.64. The highest BCUT2D eigenvalue weighted by atomic mass is 35.5. The van der Waals surface area contributed by atoms with E-state index in [1.165, 1.54) is 12.8 Å². The zero-order valence-electron chi connectivity index (χ0n) is 11.3. The second kappa shape index (κ2) is 7.44. The zero-order chi connectivity index (χ0) is 13.7. The van der Waals surface area contributed by atoms with Crippen molar-refractivity contribution in [1.29, 1.82) is 0 Å². The van der Waals surface area contributed by atoms with Crippen LogP contribution < -0.4 is 5.32 Å². The number of nitrogens with one attached hydrogen (secondary N) is 1. The minimum Gasteiger partial charge on any atom is -0.315 e. The summed E-state index contributed by atoms with van der Waals surface area (Å²) >= 11 is 12.1. The van der Waals surface area contributed by atoms with Gasteiger partial charge in [0.1, 0.15) is 5.15 Å². The van der Waals surface area contributed by atoms with Crippen LogP contribution in [0.25, 0.3) is 0 Å². The minimum absolute atomic E-state index is 0.454. The minimum atomic E-state index is 0.454. The molecule has 0 aliphatic carbocycles. The third-order valence-electron chi connectivity index (χ3n) is 3.57. The number of hydrogen-bond acceptors (Lipinski definition) is 3. The van der Waals surface area contributed by atoms with Crippen molar-refractivity contribution >= 4 is 23.2 Å². The summed E-state index contributed by atoms with van der Waals surface area (Å²) in [6.07, 6.45) is 5.45. The lowest BCUT2D eigenvalue weighted by molar-refractivity contribution is 0.158. The van der Waals surface area contributed by atoms with Crippen molar-refractivity contribution in [3.63, 3.8) is 0 Å². The Morgan fingerprint density at radius 1 is 1.47 bits per heavy atom. The topological polar surface area (TPSA) is 28.2 Å². The summed E-state index contributed by atoms with van der Waals surface area (Å²) < 4.78 is 0. The predicted octanol–water partition coefficient (Wildman–Crippen LogP) is 3.35. The average molecular weight is 302 g/mol. The van der Waals surface area contributed by atoms with Gasteiger partial charge >= 0.3 is 0 Å². The van der Waals surface area contributed by atoms with Gasteiger partial charge in [0.25, 0.3) is 0 Å². The molecule has 1 aliphatic rings. The maximum Gasteiger partial charge on any atom is 0.130 e. The number of aromatic nitrogens is 1. The molecule has 0 spiro atoms. The summed E-state index contributed by atoms with van der Waals surface area (Å²) in [5, 5.41) is 4.64. The van der Waals surface area contributed by atoms with Crippen LogP contribution in [0.2, 0.25) is 10.2 Å². The van der Waals surface area contributed by atoms with Gasteiger partial charge in [0.15, 0.2) is 0 Å². The van der Waals surface area contributed by atoms with Crippen molar-refractivity contribution in [2.45, 2.75) is 38.8 Å². The van der Waals surface area contributed by atoms with Gasteiger partial charge in [0.05, 0.1) is 0 Å². The maximum absolute atomic E-state index is 6.25. The molecule has 1 fully saturated rings. The molecule has 1 aromatic rings. The smallest absolute Gasteiger partial charge is 0.130 e. The number of rotatable bonds is 5. The van der Waals surface area contributed by atoms with Gasteiger partial charge in [-0.05, 0) is 38.4 Å².